The van der Waals surface area contributed by atoms with Gasteiger partial charge >= 0.3 is 5.97 Å². The number of oxime groups is 1. The highest BCUT2D eigenvalue weighted by Gasteiger charge is 2.33. The third kappa shape index (κ3) is 1.58. The van der Waals surface area contributed by atoms with Gasteiger partial charge in [-0.05, 0) is 32.9 Å². The average molecular weight is 182 g/mol. The zero-order valence-electron chi connectivity index (χ0n) is 7.75. The Morgan fingerprint density at radius 2 is 2.15 bits per heavy atom. The van der Waals surface area contributed by atoms with Gasteiger partial charge in [0.05, 0.1) is 11.6 Å². The van der Waals surface area contributed by atoms with Crippen LogP contribution in [-0.2, 0) is 9.63 Å². The number of hydrogen-bond acceptors (Lipinski definition) is 4. The predicted octanol–water partition coefficient (Wildman–Crippen LogP) is 0.535. The molecule has 0 saturated carbocycles. The molecule has 0 spiro atoms. The van der Waals surface area contributed by atoms with E-state index in [1.165, 1.54) is 0 Å². The molecule has 1 fully saturated rings. The molecule has 72 valence electrons. The van der Waals surface area contributed by atoms with Crippen LogP contribution in [0.2, 0.25) is 0 Å². The smallest absolute Gasteiger partial charge is 0.318 e. The van der Waals surface area contributed by atoms with Crippen LogP contribution in [0.1, 0.15) is 19.8 Å². The molecular weight excluding hydrogens is 168 g/mol. The summed E-state index contributed by atoms with van der Waals surface area (Å²) in [7, 11) is 0. The summed E-state index contributed by atoms with van der Waals surface area (Å²) in [5.74, 6) is 0.124. The van der Waals surface area contributed by atoms with Crippen LogP contribution in [0, 0.1) is 11.8 Å². The van der Waals surface area contributed by atoms with Crippen LogP contribution in [-0.4, -0.2) is 24.8 Å². The van der Waals surface area contributed by atoms with E-state index in [2.05, 4.69) is 15.3 Å². The molecule has 0 aromatic heterocycles. The van der Waals surface area contributed by atoms with E-state index < -0.39 is 0 Å². The Balaban J connectivity index is 2.03. The first-order valence-electron chi connectivity index (χ1n) is 4.78. The Bertz CT molecular complexity index is 244. The molecule has 0 bridgehead atoms. The fourth-order valence-electron chi connectivity index (χ4n) is 1.92. The normalized spacial score (nSPS) is 30.1. The largest absolute Gasteiger partial charge is 0.343 e. The fraction of sp³-hybridized carbons (Fsp3) is 0.778. The van der Waals surface area contributed by atoms with Gasteiger partial charge in [-0.25, -0.2) is 4.79 Å². The van der Waals surface area contributed by atoms with E-state index in [1.807, 2.05) is 6.92 Å². The molecular formula is C9H14N2O2. The third-order valence-corrected chi connectivity index (χ3v) is 2.80. The monoisotopic (exact) mass is 182 g/mol. The van der Waals surface area contributed by atoms with Gasteiger partial charge in [-0.3, -0.25) is 0 Å². The number of piperidine rings is 1. The summed E-state index contributed by atoms with van der Waals surface area (Å²) in [6, 6.07) is 0. The van der Waals surface area contributed by atoms with Gasteiger partial charge in [-0.15, -0.1) is 0 Å². The maximum Gasteiger partial charge on any atom is 0.343 e. The van der Waals surface area contributed by atoms with E-state index >= 15 is 0 Å². The quantitative estimate of drug-likeness (QED) is 0.602. The number of carbonyl (C=O) groups is 1. The van der Waals surface area contributed by atoms with Crippen LogP contribution < -0.4 is 5.32 Å². The lowest BCUT2D eigenvalue weighted by atomic mass is 9.87. The number of nitrogens with zero attached hydrogens (tertiary/aromatic N) is 1. The van der Waals surface area contributed by atoms with Crippen LogP contribution in [0.4, 0.5) is 0 Å². The maximum absolute atomic E-state index is 11.1. The van der Waals surface area contributed by atoms with Gasteiger partial charge in [-0.2, -0.15) is 0 Å². The summed E-state index contributed by atoms with van der Waals surface area (Å²) in [4.78, 5) is 15.7. The Morgan fingerprint density at radius 1 is 1.46 bits per heavy atom. The highest BCUT2D eigenvalue weighted by atomic mass is 16.7. The van der Waals surface area contributed by atoms with Crippen molar-refractivity contribution in [3.05, 3.63) is 0 Å². The second-order valence-electron chi connectivity index (χ2n) is 3.67. The Kier molecular flexibility index (Phi) is 2.31. The van der Waals surface area contributed by atoms with Crippen molar-refractivity contribution in [3.63, 3.8) is 0 Å². The molecule has 0 radical (unpaired) electrons. The summed E-state index contributed by atoms with van der Waals surface area (Å²) in [6.07, 6.45) is 2.14. The van der Waals surface area contributed by atoms with Gasteiger partial charge in [0.25, 0.3) is 0 Å². The molecule has 4 nitrogen and oxygen atoms in total. The summed E-state index contributed by atoms with van der Waals surface area (Å²) >= 11 is 0. The number of carbonyl (C=O) groups excluding carboxylic acids is 1. The van der Waals surface area contributed by atoms with E-state index in [9.17, 15) is 4.79 Å². The topological polar surface area (TPSA) is 50.7 Å². The molecule has 2 heterocycles. The highest BCUT2D eigenvalue weighted by Crippen LogP contribution is 2.23. The molecule has 2 rings (SSSR count). The summed E-state index contributed by atoms with van der Waals surface area (Å²) in [5, 5.41) is 7.14. The van der Waals surface area contributed by atoms with Gasteiger partial charge in [0, 0.05) is 5.92 Å². The van der Waals surface area contributed by atoms with Crippen molar-refractivity contribution in [3.8, 4) is 0 Å². The van der Waals surface area contributed by atoms with E-state index in [0.29, 0.717) is 5.92 Å². The fourth-order valence-corrected chi connectivity index (χ4v) is 1.92. The highest BCUT2D eigenvalue weighted by molar-refractivity contribution is 6.05. The van der Waals surface area contributed by atoms with Crippen molar-refractivity contribution in [2.24, 2.45) is 17.0 Å². The Hall–Kier alpha value is -0.900. The lowest BCUT2D eigenvalue weighted by Gasteiger charge is -2.22. The van der Waals surface area contributed by atoms with Crippen LogP contribution in [0.15, 0.2) is 5.16 Å². The number of hydrogen-bond donors (Lipinski definition) is 1. The molecule has 1 atom stereocenters. The molecule has 4 heteroatoms. The zero-order valence-corrected chi connectivity index (χ0v) is 7.75. The summed E-state index contributed by atoms with van der Waals surface area (Å²) in [6.45, 7) is 3.91. The molecule has 1 saturated heterocycles. The molecule has 1 unspecified atom stereocenters. The number of rotatable bonds is 1. The van der Waals surface area contributed by atoms with Gasteiger partial charge in [0.2, 0.25) is 0 Å². The molecule has 0 aromatic carbocycles. The molecule has 0 amide bonds. The first kappa shape index (κ1) is 8.69. The SMILES string of the molecule is CC1C(=O)ON=C1C1CCNCC1. The maximum atomic E-state index is 11.1. The van der Waals surface area contributed by atoms with E-state index in [-0.39, 0.29) is 11.9 Å². The lowest BCUT2D eigenvalue weighted by Crippen LogP contribution is -2.34. The Labute approximate surface area is 77.3 Å². The van der Waals surface area contributed by atoms with Crippen molar-refractivity contribution >= 4 is 11.7 Å². The van der Waals surface area contributed by atoms with Crippen molar-refractivity contribution < 1.29 is 9.63 Å². The molecule has 0 aromatic rings. The summed E-state index contributed by atoms with van der Waals surface area (Å²) in [5.41, 5.74) is 0.950. The lowest BCUT2D eigenvalue weighted by molar-refractivity contribution is -0.142. The molecule has 2 aliphatic heterocycles. The van der Waals surface area contributed by atoms with Gasteiger partial charge in [0.1, 0.15) is 0 Å². The molecule has 0 aliphatic carbocycles. The van der Waals surface area contributed by atoms with Gasteiger partial charge in [0.15, 0.2) is 0 Å². The molecule has 13 heavy (non-hydrogen) atoms. The molecule has 2 aliphatic rings. The minimum absolute atomic E-state index is 0.122. The van der Waals surface area contributed by atoms with Gasteiger partial charge < -0.3 is 10.2 Å². The second-order valence-corrected chi connectivity index (χ2v) is 3.67. The predicted molar refractivity (Wildman–Crippen MR) is 48.3 cm³/mol. The zero-order chi connectivity index (χ0) is 9.26. The van der Waals surface area contributed by atoms with Crippen molar-refractivity contribution in [1.29, 1.82) is 0 Å². The van der Waals surface area contributed by atoms with Crippen LogP contribution in [0.25, 0.3) is 0 Å². The minimum atomic E-state index is -0.200. The minimum Gasteiger partial charge on any atom is -0.318 e. The number of nitrogens with one attached hydrogen (secondary N) is 1. The van der Waals surface area contributed by atoms with Crippen molar-refractivity contribution in [2.75, 3.05) is 13.1 Å². The van der Waals surface area contributed by atoms with E-state index in [0.717, 1.165) is 31.6 Å². The first-order valence-corrected chi connectivity index (χ1v) is 4.78. The standard InChI is InChI=1S/C9H14N2O2/c1-6-8(11-13-9(6)12)7-2-4-10-5-3-7/h6-7,10H,2-5H2,1H3. The molecule has 1 N–H and O–H groups in total. The summed E-state index contributed by atoms with van der Waals surface area (Å²) < 4.78 is 0. The van der Waals surface area contributed by atoms with Crippen LogP contribution in [0.3, 0.4) is 0 Å². The van der Waals surface area contributed by atoms with Crippen molar-refractivity contribution in [2.45, 2.75) is 19.8 Å². The third-order valence-electron chi connectivity index (χ3n) is 2.80. The average Bonchev–Trinajstić information content (AvgIpc) is 2.49. The van der Waals surface area contributed by atoms with Crippen LogP contribution >= 0.6 is 0 Å². The Morgan fingerprint density at radius 3 is 2.69 bits per heavy atom. The van der Waals surface area contributed by atoms with E-state index in [1.54, 1.807) is 0 Å². The van der Waals surface area contributed by atoms with Crippen LogP contribution in [0.5, 0.6) is 0 Å². The first-order chi connectivity index (χ1) is 6.29. The van der Waals surface area contributed by atoms with E-state index in [4.69, 9.17) is 0 Å². The van der Waals surface area contributed by atoms with Gasteiger partial charge in [-0.1, -0.05) is 5.16 Å². The van der Waals surface area contributed by atoms with Crippen molar-refractivity contribution in [1.82, 2.24) is 5.32 Å². The second kappa shape index (κ2) is 3.46.